The number of hydrogen-bond acceptors (Lipinski definition) is 5. The van der Waals surface area contributed by atoms with Gasteiger partial charge in [-0.2, -0.15) is 0 Å². The molecule has 1 saturated carbocycles. The number of carbonyl (C=O) groups excluding carboxylic acids is 1. The number of pyridine rings is 1. The van der Waals surface area contributed by atoms with Gasteiger partial charge in [0.15, 0.2) is 5.69 Å². The van der Waals surface area contributed by atoms with Gasteiger partial charge in [-0.1, -0.05) is 0 Å². The maximum atomic E-state index is 12.4. The highest BCUT2D eigenvalue weighted by atomic mass is 16.5. The molecule has 2 fully saturated rings. The molecular formula is C15H20N2O4. The Labute approximate surface area is 123 Å². The molecule has 3 rings (SSSR count). The van der Waals surface area contributed by atoms with E-state index in [1.165, 1.54) is 12.3 Å². The second-order valence-electron chi connectivity index (χ2n) is 5.87. The van der Waals surface area contributed by atoms with Crippen LogP contribution in [0, 0.1) is 5.41 Å². The summed E-state index contributed by atoms with van der Waals surface area (Å²) in [4.78, 5) is 18.0. The summed E-state index contributed by atoms with van der Waals surface area (Å²) in [5.41, 5.74) is -0.122. The second kappa shape index (κ2) is 5.27. The van der Waals surface area contributed by atoms with Crippen molar-refractivity contribution in [2.75, 3.05) is 20.2 Å². The summed E-state index contributed by atoms with van der Waals surface area (Å²) in [6, 6.07) is 3.05. The number of carbonyl (C=O) groups is 1. The van der Waals surface area contributed by atoms with Crippen LogP contribution in [0.4, 0.5) is 0 Å². The number of methoxy groups -OCH3 is 1. The average molecular weight is 292 g/mol. The average Bonchev–Trinajstić information content (AvgIpc) is 2.52. The Morgan fingerprint density at radius 3 is 2.76 bits per heavy atom. The van der Waals surface area contributed by atoms with Crippen molar-refractivity contribution in [1.82, 2.24) is 9.88 Å². The highest BCUT2D eigenvalue weighted by molar-refractivity contribution is 5.94. The third-order valence-corrected chi connectivity index (χ3v) is 5.00. The second-order valence-corrected chi connectivity index (χ2v) is 5.87. The molecule has 2 N–H and O–H groups in total. The van der Waals surface area contributed by atoms with E-state index in [9.17, 15) is 15.0 Å². The van der Waals surface area contributed by atoms with Crippen LogP contribution in [-0.4, -0.2) is 58.4 Å². The van der Waals surface area contributed by atoms with Crippen molar-refractivity contribution >= 4 is 5.91 Å². The van der Waals surface area contributed by atoms with Gasteiger partial charge in [-0.15, -0.1) is 0 Å². The van der Waals surface area contributed by atoms with Crippen molar-refractivity contribution in [2.24, 2.45) is 5.41 Å². The van der Waals surface area contributed by atoms with Crippen molar-refractivity contribution in [3.63, 3.8) is 0 Å². The molecule has 1 aliphatic heterocycles. The number of rotatable bonds is 2. The van der Waals surface area contributed by atoms with Crippen LogP contribution in [0.5, 0.6) is 5.75 Å². The van der Waals surface area contributed by atoms with Gasteiger partial charge >= 0.3 is 0 Å². The number of nitrogens with zero attached hydrogens (tertiary/aromatic N) is 2. The molecule has 1 saturated heterocycles. The van der Waals surface area contributed by atoms with Gasteiger partial charge in [0, 0.05) is 38.2 Å². The number of piperidine rings is 1. The van der Waals surface area contributed by atoms with Crippen LogP contribution in [0.3, 0.4) is 0 Å². The lowest BCUT2D eigenvalue weighted by atomic mass is 9.58. The number of aromatic nitrogens is 1. The minimum Gasteiger partial charge on any atom is -0.505 e. The van der Waals surface area contributed by atoms with Gasteiger partial charge < -0.3 is 19.8 Å². The van der Waals surface area contributed by atoms with E-state index < -0.39 is 0 Å². The quantitative estimate of drug-likeness (QED) is 0.842. The number of ether oxygens (including phenoxy) is 1. The molecule has 1 spiro atoms. The Bertz CT molecular complexity index is 540. The highest BCUT2D eigenvalue weighted by Crippen LogP contribution is 2.50. The van der Waals surface area contributed by atoms with Crippen LogP contribution in [-0.2, 0) is 4.74 Å². The van der Waals surface area contributed by atoms with E-state index in [2.05, 4.69) is 4.98 Å². The lowest BCUT2D eigenvalue weighted by Crippen LogP contribution is -2.62. The van der Waals surface area contributed by atoms with Crippen LogP contribution in [0.1, 0.15) is 29.8 Å². The molecule has 2 heterocycles. The Balaban J connectivity index is 1.69. The highest BCUT2D eigenvalue weighted by Gasteiger charge is 2.56. The van der Waals surface area contributed by atoms with Crippen molar-refractivity contribution in [3.8, 4) is 5.75 Å². The minimum atomic E-state index is -0.344. The molecule has 1 amide bonds. The summed E-state index contributed by atoms with van der Waals surface area (Å²) in [5, 5.41) is 19.8. The van der Waals surface area contributed by atoms with E-state index in [0.29, 0.717) is 32.4 Å². The van der Waals surface area contributed by atoms with Crippen molar-refractivity contribution in [3.05, 3.63) is 24.0 Å². The fourth-order valence-electron chi connectivity index (χ4n) is 3.55. The zero-order valence-electron chi connectivity index (χ0n) is 12.0. The summed E-state index contributed by atoms with van der Waals surface area (Å²) < 4.78 is 5.43. The molecule has 0 bridgehead atoms. The zero-order valence-corrected chi connectivity index (χ0v) is 12.0. The van der Waals surface area contributed by atoms with E-state index in [4.69, 9.17) is 4.74 Å². The molecule has 114 valence electrons. The normalized spacial score (nSPS) is 27.4. The molecule has 0 aromatic carbocycles. The number of aromatic hydroxyl groups is 1. The maximum Gasteiger partial charge on any atom is 0.276 e. The van der Waals surface area contributed by atoms with Gasteiger partial charge in [0.1, 0.15) is 5.75 Å². The third-order valence-electron chi connectivity index (χ3n) is 5.00. The van der Waals surface area contributed by atoms with Crippen LogP contribution in [0.15, 0.2) is 18.3 Å². The molecule has 6 heteroatoms. The molecule has 21 heavy (non-hydrogen) atoms. The molecule has 1 aromatic heterocycles. The lowest BCUT2D eigenvalue weighted by molar-refractivity contribution is -0.199. The third kappa shape index (κ3) is 2.18. The summed E-state index contributed by atoms with van der Waals surface area (Å²) in [7, 11) is 1.67. The van der Waals surface area contributed by atoms with E-state index in [0.717, 1.165) is 0 Å². The number of amides is 1. The number of aliphatic hydroxyl groups excluding tert-OH is 1. The lowest BCUT2D eigenvalue weighted by Gasteiger charge is -2.56. The predicted octanol–water partition coefficient (Wildman–Crippen LogP) is 0.789. The SMILES string of the molecule is CO[C@H]1C[C@@H](O)C12CCN(C(=O)c1ncccc1O)CC2. The smallest absolute Gasteiger partial charge is 0.276 e. The molecule has 2 atom stereocenters. The van der Waals surface area contributed by atoms with Crippen LogP contribution >= 0.6 is 0 Å². The van der Waals surface area contributed by atoms with Gasteiger partial charge in [-0.25, -0.2) is 4.98 Å². The first-order valence-electron chi connectivity index (χ1n) is 7.22. The fraction of sp³-hybridized carbons (Fsp3) is 0.600. The van der Waals surface area contributed by atoms with Gasteiger partial charge in [0.25, 0.3) is 5.91 Å². The fourth-order valence-corrected chi connectivity index (χ4v) is 3.55. The summed E-state index contributed by atoms with van der Waals surface area (Å²) in [5.74, 6) is -0.355. The van der Waals surface area contributed by atoms with Gasteiger partial charge in [0.05, 0.1) is 12.2 Å². The molecular weight excluding hydrogens is 272 g/mol. The Morgan fingerprint density at radius 1 is 1.48 bits per heavy atom. The van der Waals surface area contributed by atoms with Gasteiger partial charge in [-0.3, -0.25) is 4.79 Å². The molecule has 0 unspecified atom stereocenters. The topological polar surface area (TPSA) is 82.9 Å². The van der Waals surface area contributed by atoms with E-state index in [-0.39, 0.29) is 35.0 Å². The van der Waals surface area contributed by atoms with Crippen molar-refractivity contribution in [2.45, 2.75) is 31.5 Å². The van der Waals surface area contributed by atoms with Crippen molar-refractivity contribution < 1.29 is 19.7 Å². The minimum absolute atomic E-state index is 0.0769. The Morgan fingerprint density at radius 2 is 2.19 bits per heavy atom. The number of hydrogen-bond donors (Lipinski definition) is 2. The van der Waals surface area contributed by atoms with E-state index in [1.807, 2.05) is 0 Å². The van der Waals surface area contributed by atoms with E-state index in [1.54, 1.807) is 18.1 Å². The first-order chi connectivity index (χ1) is 10.1. The first kappa shape index (κ1) is 14.3. The molecule has 6 nitrogen and oxygen atoms in total. The van der Waals surface area contributed by atoms with Gasteiger partial charge in [-0.05, 0) is 25.0 Å². The van der Waals surface area contributed by atoms with Crippen LogP contribution in [0.2, 0.25) is 0 Å². The summed E-state index contributed by atoms with van der Waals surface area (Å²) in [6.45, 7) is 1.09. The summed E-state index contributed by atoms with van der Waals surface area (Å²) >= 11 is 0. The van der Waals surface area contributed by atoms with Crippen LogP contribution < -0.4 is 0 Å². The molecule has 1 aliphatic carbocycles. The summed E-state index contributed by atoms with van der Waals surface area (Å²) in [6.07, 6.45) is 3.33. The molecule has 1 aromatic rings. The standard InChI is InChI=1S/C15H20N2O4/c1-21-12-9-11(19)15(12)4-7-17(8-5-15)14(20)13-10(18)3-2-6-16-13/h2-3,6,11-12,18-19H,4-5,7-9H2,1H3/t11-,12+/m1/s1. The maximum absolute atomic E-state index is 12.4. The van der Waals surface area contributed by atoms with Gasteiger partial charge in [0.2, 0.25) is 0 Å². The Hall–Kier alpha value is -1.66. The molecule has 2 aliphatic rings. The zero-order chi connectivity index (χ0) is 15.0. The van der Waals surface area contributed by atoms with Crippen LogP contribution in [0.25, 0.3) is 0 Å². The first-order valence-corrected chi connectivity index (χ1v) is 7.22. The Kier molecular flexibility index (Phi) is 3.59. The monoisotopic (exact) mass is 292 g/mol. The predicted molar refractivity (Wildman–Crippen MR) is 74.9 cm³/mol. The van der Waals surface area contributed by atoms with E-state index >= 15 is 0 Å². The number of aliphatic hydroxyl groups is 1. The number of likely N-dealkylation sites (tertiary alicyclic amines) is 1. The van der Waals surface area contributed by atoms with Crippen molar-refractivity contribution in [1.29, 1.82) is 0 Å². The largest absolute Gasteiger partial charge is 0.505 e. The molecule has 0 radical (unpaired) electrons.